The lowest BCUT2D eigenvalue weighted by molar-refractivity contribution is 0.256. The fourth-order valence-electron chi connectivity index (χ4n) is 3.05. The van der Waals surface area contributed by atoms with Crippen LogP contribution in [-0.2, 0) is 0 Å². The van der Waals surface area contributed by atoms with E-state index in [1.165, 1.54) is 57.8 Å². The van der Waals surface area contributed by atoms with E-state index in [2.05, 4.69) is 20.8 Å². The summed E-state index contributed by atoms with van der Waals surface area (Å²) in [6, 6.07) is 0. The van der Waals surface area contributed by atoms with Gasteiger partial charge in [-0.05, 0) is 17.8 Å². The van der Waals surface area contributed by atoms with Crippen molar-refractivity contribution in [1.29, 1.82) is 0 Å². The predicted molar refractivity (Wildman–Crippen MR) is 69.0 cm³/mol. The maximum Gasteiger partial charge on any atom is -0.0414 e. The van der Waals surface area contributed by atoms with Gasteiger partial charge in [-0.1, -0.05) is 78.6 Å². The fraction of sp³-hybridized carbons (Fsp3) is 1.00. The minimum absolute atomic E-state index is 1.01. The van der Waals surface area contributed by atoms with Gasteiger partial charge >= 0.3 is 0 Å². The third-order valence-electron chi connectivity index (χ3n) is 4.39. The molecule has 15 heavy (non-hydrogen) atoms. The van der Waals surface area contributed by atoms with Crippen molar-refractivity contribution >= 4 is 0 Å². The highest BCUT2D eigenvalue weighted by Crippen LogP contribution is 2.32. The van der Waals surface area contributed by atoms with Crippen molar-refractivity contribution < 1.29 is 0 Å². The Labute approximate surface area is 96.8 Å². The zero-order valence-corrected chi connectivity index (χ0v) is 11.1. The molecular formula is C15H30. The molecule has 0 heterocycles. The monoisotopic (exact) mass is 210 g/mol. The van der Waals surface area contributed by atoms with Crippen molar-refractivity contribution in [3.63, 3.8) is 0 Å². The van der Waals surface area contributed by atoms with Gasteiger partial charge in [0.05, 0.1) is 0 Å². The smallest absolute Gasteiger partial charge is 0.0414 e. The maximum absolute atomic E-state index is 2.42. The van der Waals surface area contributed by atoms with Crippen LogP contribution in [0.3, 0.4) is 0 Å². The van der Waals surface area contributed by atoms with E-state index < -0.39 is 0 Å². The van der Waals surface area contributed by atoms with Gasteiger partial charge in [-0.2, -0.15) is 0 Å². The highest BCUT2D eigenvalue weighted by molar-refractivity contribution is 4.71. The Morgan fingerprint density at radius 1 is 1.00 bits per heavy atom. The minimum Gasteiger partial charge on any atom is -0.0654 e. The maximum atomic E-state index is 2.42. The van der Waals surface area contributed by atoms with Gasteiger partial charge in [0.1, 0.15) is 0 Å². The molecule has 0 saturated heterocycles. The molecule has 0 aromatic rings. The van der Waals surface area contributed by atoms with Crippen molar-refractivity contribution in [3.05, 3.63) is 0 Å². The predicted octanol–water partition coefficient (Wildman–Crippen LogP) is 5.42. The van der Waals surface area contributed by atoms with Crippen LogP contribution in [0.15, 0.2) is 0 Å². The van der Waals surface area contributed by atoms with Gasteiger partial charge in [-0.25, -0.2) is 0 Å². The van der Waals surface area contributed by atoms with Gasteiger partial charge in [0.2, 0.25) is 0 Å². The van der Waals surface area contributed by atoms with E-state index in [0.717, 1.165) is 17.8 Å². The first-order chi connectivity index (χ1) is 7.26. The second-order valence-corrected chi connectivity index (χ2v) is 5.77. The summed E-state index contributed by atoms with van der Waals surface area (Å²) in [6.07, 6.45) is 13.3. The highest BCUT2D eigenvalue weighted by Gasteiger charge is 2.18. The molecule has 1 saturated carbocycles. The lowest BCUT2D eigenvalue weighted by Gasteiger charge is -2.27. The molecule has 0 heteroatoms. The topological polar surface area (TPSA) is 0 Å². The number of rotatable bonds is 6. The largest absolute Gasteiger partial charge is 0.0654 e. The summed E-state index contributed by atoms with van der Waals surface area (Å²) >= 11 is 0. The normalized spacial score (nSPS) is 29.0. The Morgan fingerprint density at radius 2 is 1.67 bits per heavy atom. The molecule has 1 aliphatic carbocycles. The molecule has 0 radical (unpaired) electrons. The Balaban J connectivity index is 2.12. The number of hydrogen-bond acceptors (Lipinski definition) is 0. The Kier molecular flexibility index (Phi) is 6.36. The highest BCUT2D eigenvalue weighted by atomic mass is 14.2. The summed E-state index contributed by atoms with van der Waals surface area (Å²) in [7, 11) is 0. The molecule has 1 unspecified atom stereocenters. The average Bonchev–Trinajstić information content (AvgIpc) is 2.26. The Bertz CT molecular complexity index is 142. The van der Waals surface area contributed by atoms with Crippen LogP contribution < -0.4 is 0 Å². The summed E-state index contributed by atoms with van der Waals surface area (Å²) in [5.74, 6) is 3.11. The fourth-order valence-corrected chi connectivity index (χ4v) is 3.05. The molecule has 0 aromatic carbocycles. The first-order valence-electron chi connectivity index (χ1n) is 7.26. The van der Waals surface area contributed by atoms with E-state index in [0.29, 0.717) is 0 Å². The van der Waals surface area contributed by atoms with Crippen LogP contribution in [0.25, 0.3) is 0 Å². The van der Waals surface area contributed by atoms with Crippen LogP contribution in [0.1, 0.15) is 78.6 Å². The molecule has 1 rings (SSSR count). The molecule has 1 aliphatic rings. The Morgan fingerprint density at radius 3 is 2.20 bits per heavy atom. The van der Waals surface area contributed by atoms with Crippen LogP contribution in [0.2, 0.25) is 0 Å². The average molecular weight is 210 g/mol. The quantitative estimate of drug-likeness (QED) is 0.549. The first-order valence-corrected chi connectivity index (χ1v) is 7.26. The third kappa shape index (κ3) is 5.04. The van der Waals surface area contributed by atoms with Crippen LogP contribution in [0.5, 0.6) is 0 Å². The molecule has 90 valence electrons. The van der Waals surface area contributed by atoms with Crippen molar-refractivity contribution in [2.24, 2.45) is 17.8 Å². The second-order valence-electron chi connectivity index (χ2n) is 5.77. The standard InChI is InChI=1S/C15H30/c1-4-6-14(5-2)11-12-15-9-7-13(3)8-10-15/h13-15H,4-12H2,1-3H3. The summed E-state index contributed by atoms with van der Waals surface area (Å²) < 4.78 is 0. The van der Waals surface area contributed by atoms with Gasteiger partial charge in [0.15, 0.2) is 0 Å². The SMILES string of the molecule is CCCC(CC)CCC1CCC(C)CC1. The molecule has 0 aliphatic heterocycles. The van der Waals surface area contributed by atoms with Gasteiger partial charge in [-0.3, -0.25) is 0 Å². The van der Waals surface area contributed by atoms with Crippen molar-refractivity contribution in [1.82, 2.24) is 0 Å². The van der Waals surface area contributed by atoms with Gasteiger partial charge in [-0.15, -0.1) is 0 Å². The van der Waals surface area contributed by atoms with Crippen LogP contribution in [-0.4, -0.2) is 0 Å². The van der Waals surface area contributed by atoms with Crippen LogP contribution >= 0.6 is 0 Å². The molecule has 0 N–H and O–H groups in total. The zero-order valence-electron chi connectivity index (χ0n) is 11.1. The van der Waals surface area contributed by atoms with E-state index >= 15 is 0 Å². The van der Waals surface area contributed by atoms with Crippen LogP contribution in [0, 0.1) is 17.8 Å². The van der Waals surface area contributed by atoms with E-state index in [9.17, 15) is 0 Å². The molecule has 0 spiro atoms. The van der Waals surface area contributed by atoms with E-state index in [4.69, 9.17) is 0 Å². The summed E-state index contributed by atoms with van der Waals surface area (Å²) in [5.41, 5.74) is 0. The lowest BCUT2D eigenvalue weighted by Crippen LogP contribution is -2.13. The van der Waals surface area contributed by atoms with Crippen molar-refractivity contribution in [2.75, 3.05) is 0 Å². The van der Waals surface area contributed by atoms with E-state index in [1.54, 1.807) is 0 Å². The van der Waals surface area contributed by atoms with Gasteiger partial charge in [0, 0.05) is 0 Å². The molecule has 0 bridgehead atoms. The molecule has 0 amide bonds. The van der Waals surface area contributed by atoms with E-state index in [-0.39, 0.29) is 0 Å². The van der Waals surface area contributed by atoms with Crippen LogP contribution in [0.4, 0.5) is 0 Å². The van der Waals surface area contributed by atoms with Gasteiger partial charge < -0.3 is 0 Å². The molecule has 1 atom stereocenters. The third-order valence-corrected chi connectivity index (χ3v) is 4.39. The zero-order chi connectivity index (χ0) is 11.1. The second kappa shape index (κ2) is 7.30. The van der Waals surface area contributed by atoms with Crippen molar-refractivity contribution in [2.45, 2.75) is 78.6 Å². The van der Waals surface area contributed by atoms with Gasteiger partial charge in [0.25, 0.3) is 0 Å². The molecule has 0 aromatic heterocycles. The summed E-state index contributed by atoms with van der Waals surface area (Å²) in [6.45, 7) is 7.11. The number of hydrogen-bond donors (Lipinski definition) is 0. The molecule has 0 nitrogen and oxygen atoms in total. The first kappa shape index (κ1) is 13.1. The summed E-state index contributed by atoms with van der Waals surface area (Å²) in [5, 5.41) is 0. The van der Waals surface area contributed by atoms with Crippen molar-refractivity contribution in [3.8, 4) is 0 Å². The lowest BCUT2D eigenvalue weighted by atomic mass is 9.79. The van der Waals surface area contributed by atoms with E-state index in [1.807, 2.05) is 0 Å². The Hall–Kier alpha value is 0. The molecular weight excluding hydrogens is 180 g/mol. The summed E-state index contributed by atoms with van der Waals surface area (Å²) in [4.78, 5) is 0. The molecule has 1 fully saturated rings. The minimum atomic E-state index is 1.01.